The SMILES string of the molecule is CC(C)[C@@H](NC(=O)C1CCN(CCOc2ccccc2)CC1)c1ccccn1. The summed E-state index contributed by atoms with van der Waals surface area (Å²) in [4.78, 5) is 19.6. The van der Waals surface area contributed by atoms with Gasteiger partial charge in [-0.3, -0.25) is 14.7 Å². The second kappa shape index (κ2) is 10.2. The standard InChI is InChI=1S/C23H31N3O2/c1-18(2)22(21-10-6-7-13-24-21)25-23(27)19-11-14-26(15-12-19)16-17-28-20-8-4-3-5-9-20/h3-10,13,18-19,22H,11-12,14-17H2,1-2H3,(H,25,27)/t22-/m1/s1. The number of aromatic nitrogens is 1. The molecular weight excluding hydrogens is 350 g/mol. The summed E-state index contributed by atoms with van der Waals surface area (Å²) in [6.45, 7) is 7.68. The second-order valence-corrected chi connectivity index (χ2v) is 7.76. The third-order valence-electron chi connectivity index (χ3n) is 5.35. The number of likely N-dealkylation sites (tertiary alicyclic amines) is 1. The highest BCUT2D eigenvalue weighted by atomic mass is 16.5. The van der Waals surface area contributed by atoms with Gasteiger partial charge < -0.3 is 10.1 Å². The maximum Gasteiger partial charge on any atom is 0.223 e. The van der Waals surface area contributed by atoms with E-state index in [0.717, 1.165) is 43.9 Å². The summed E-state index contributed by atoms with van der Waals surface area (Å²) in [5.41, 5.74) is 0.932. The summed E-state index contributed by atoms with van der Waals surface area (Å²) in [5, 5.41) is 3.24. The Hall–Kier alpha value is -2.40. The minimum atomic E-state index is -0.0361. The second-order valence-electron chi connectivity index (χ2n) is 7.76. The topological polar surface area (TPSA) is 54.5 Å². The molecule has 1 amide bonds. The Morgan fingerprint density at radius 1 is 1.14 bits per heavy atom. The molecule has 5 nitrogen and oxygen atoms in total. The molecular formula is C23H31N3O2. The van der Waals surface area contributed by atoms with Gasteiger partial charge in [-0.25, -0.2) is 0 Å². The largest absolute Gasteiger partial charge is 0.492 e. The van der Waals surface area contributed by atoms with Crippen molar-refractivity contribution in [1.82, 2.24) is 15.2 Å². The molecule has 0 saturated carbocycles. The van der Waals surface area contributed by atoms with Gasteiger partial charge in [-0.1, -0.05) is 38.1 Å². The van der Waals surface area contributed by atoms with Crippen LogP contribution < -0.4 is 10.1 Å². The van der Waals surface area contributed by atoms with Crippen LogP contribution in [0.1, 0.15) is 38.4 Å². The van der Waals surface area contributed by atoms with Crippen molar-refractivity contribution in [3.8, 4) is 5.75 Å². The number of nitrogens with one attached hydrogen (secondary N) is 1. The maximum absolute atomic E-state index is 12.8. The van der Waals surface area contributed by atoms with Crippen molar-refractivity contribution in [2.45, 2.75) is 32.7 Å². The summed E-state index contributed by atoms with van der Waals surface area (Å²) in [5.74, 6) is 1.45. The normalized spacial score (nSPS) is 16.7. The highest BCUT2D eigenvalue weighted by Crippen LogP contribution is 2.23. The Balaban J connectivity index is 1.43. The van der Waals surface area contributed by atoms with Gasteiger partial charge in [-0.2, -0.15) is 0 Å². The third kappa shape index (κ3) is 5.80. The van der Waals surface area contributed by atoms with Gasteiger partial charge in [0.15, 0.2) is 0 Å². The average Bonchev–Trinajstić information content (AvgIpc) is 2.73. The highest BCUT2D eigenvalue weighted by Gasteiger charge is 2.28. The first kappa shape index (κ1) is 20.3. The molecule has 28 heavy (non-hydrogen) atoms. The fourth-order valence-corrected chi connectivity index (χ4v) is 3.64. The molecule has 0 spiro atoms. The van der Waals surface area contributed by atoms with Gasteiger partial charge in [0, 0.05) is 18.7 Å². The molecule has 1 saturated heterocycles. The third-order valence-corrected chi connectivity index (χ3v) is 5.35. The number of ether oxygens (including phenoxy) is 1. The number of hydrogen-bond donors (Lipinski definition) is 1. The molecule has 2 heterocycles. The predicted molar refractivity (Wildman–Crippen MR) is 111 cm³/mol. The van der Waals surface area contributed by atoms with Crippen molar-refractivity contribution in [3.05, 3.63) is 60.4 Å². The van der Waals surface area contributed by atoms with Crippen LogP contribution in [0.15, 0.2) is 54.7 Å². The van der Waals surface area contributed by atoms with Gasteiger partial charge in [0.05, 0.1) is 11.7 Å². The van der Waals surface area contributed by atoms with Gasteiger partial charge >= 0.3 is 0 Å². The van der Waals surface area contributed by atoms with Gasteiger partial charge in [-0.15, -0.1) is 0 Å². The Kier molecular flexibility index (Phi) is 7.43. The van der Waals surface area contributed by atoms with E-state index >= 15 is 0 Å². The lowest BCUT2D eigenvalue weighted by molar-refractivity contribution is -0.127. The molecule has 1 N–H and O–H groups in total. The number of carbonyl (C=O) groups is 1. The lowest BCUT2D eigenvalue weighted by atomic mass is 9.93. The van der Waals surface area contributed by atoms with Crippen LogP contribution in [0.5, 0.6) is 5.75 Å². The molecule has 0 aliphatic carbocycles. The number of rotatable bonds is 8. The summed E-state index contributed by atoms with van der Waals surface area (Å²) >= 11 is 0. The van der Waals surface area contributed by atoms with Gasteiger partial charge in [0.1, 0.15) is 12.4 Å². The van der Waals surface area contributed by atoms with Crippen LogP contribution in [0, 0.1) is 11.8 Å². The molecule has 0 bridgehead atoms. The fraction of sp³-hybridized carbons (Fsp3) is 0.478. The summed E-state index contributed by atoms with van der Waals surface area (Å²) in [6.07, 6.45) is 3.57. The number of piperidine rings is 1. The Morgan fingerprint density at radius 2 is 1.86 bits per heavy atom. The monoisotopic (exact) mass is 381 g/mol. The first-order valence-electron chi connectivity index (χ1n) is 10.2. The van der Waals surface area contributed by atoms with Gasteiger partial charge in [-0.05, 0) is 56.1 Å². The van der Waals surface area contributed by atoms with Crippen molar-refractivity contribution in [1.29, 1.82) is 0 Å². The molecule has 5 heteroatoms. The molecule has 1 aromatic carbocycles. The minimum absolute atomic E-state index is 0.0361. The van der Waals surface area contributed by atoms with Crippen molar-refractivity contribution >= 4 is 5.91 Å². The molecule has 0 unspecified atom stereocenters. The van der Waals surface area contributed by atoms with E-state index in [-0.39, 0.29) is 17.9 Å². The van der Waals surface area contributed by atoms with Crippen molar-refractivity contribution in [2.75, 3.05) is 26.2 Å². The highest BCUT2D eigenvalue weighted by molar-refractivity contribution is 5.79. The van der Waals surface area contributed by atoms with Crippen molar-refractivity contribution in [2.24, 2.45) is 11.8 Å². The molecule has 150 valence electrons. The van der Waals surface area contributed by atoms with Crippen LogP contribution in [0.3, 0.4) is 0 Å². The fourth-order valence-electron chi connectivity index (χ4n) is 3.64. The number of amides is 1. The Bertz CT molecular complexity index is 713. The van der Waals surface area contributed by atoms with Crippen LogP contribution in [-0.2, 0) is 4.79 Å². The molecule has 1 atom stereocenters. The summed E-state index contributed by atoms with van der Waals surface area (Å²) < 4.78 is 5.78. The first-order chi connectivity index (χ1) is 13.6. The zero-order valence-electron chi connectivity index (χ0n) is 16.9. The van der Waals surface area contributed by atoms with Gasteiger partial charge in [0.2, 0.25) is 5.91 Å². The van der Waals surface area contributed by atoms with Gasteiger partial charge in [0.25, 0.3) is 0 Å². The van der Waals surface area contributed by atoms with Crippen molar-refractivity contribution in [3.63, 3.8) is 0 Å². The van der Waals surface area contributed by atoms with Crippen molar-refractivity contribution < 1.29 is 9.53 Å². The Morgan fingerprint density at radius 3 is 2.50 bits per heavy atom. The van der Waals surface area contributed by atoms with Crippen LogP contribution in [0.2, 0.25) is 0 Å². The van der Waals surface area contributed by atoms with E-state index in [2.05, 4.69) is 29.0 Å². The predicted octanol–water partition coefficient (Wildman–Crippen LogP) is 3.69. The average molecular weight is 382 g/mol. The number of nitrogens with zero attached hydrogens (tertiary/aromatic N) is 2. The molecule has 1 aromatic heterocycles. The van der Waals surface area contributed by atoms with Crippen LogP contribution in [0.25, 0.3) is 0 Å². The number of benzene rings is 1. The molecule has 1 aliphatic rings. The number of carbonyl (C=O) groups excluding carboxylic acids is 1. The molecule has 0 radical (unpaired) electrons. The molecule has 1 fully saturated rings. The smallest absolute Gasteiger partial charge is 0.223 e. The molecule has 2 aromatic rings. The van der Waals surface area contributed by atoms with Crippen LogP contribution in [-0.4, -0.2) is 42.0 Å². The number of hydrogen-bond acceptors (Lipinski definition) is 4. The van der Waals surface area contributed by atoms with E-state index in [1.807, 2.05) is 48.5 Å². The number of para-hydroxylation sites is 1. The van der Waals surface area contributed by atoms with E-state index in [4.69, 9.17) is 4.74 Å². The van der Waals surface area contributed by atoms with E-state index < -0.39 is 0 Å². The van der Waals surface area contributed by atoms with E-state index in [1.165, 1.54) is 0 Å². The summed E-state index contributed by atoms with van der Waals surface area (Å²) in [6, 6.07) is 15.7. The van der Waals surface area contributed by atoms with E-state index in [0.29, 0.717) is 12.5 Å². The molecule has 3 rings (SSSR count). The van der Waals surface area contributed by atoms with E-state index in [9.17, 15) is 4.79 Å². The lowest BCUT2D eigenvalue weighted by Crippen LogP contribution is -2.43. The zero-order valence-corrected chi connectivity index (χ0v) is 16.9. The quantitative estimate of drug-likeness (QED) is 0.758. The maximum atomic E-state index is 12.8. The minimum Gasteiger partial charge on any atom is -0.492 e. The van der Waals surface area contributed by atoms with Crippen LogP contribution in [0.4, 0.5) is 0 Å². The molecule has 1 aliphatic heterocycles. The first-order valence-corrected chi connectivity index (χ1v) is 10.2. The summed E-state index contributed by atoms with van der Waals surface area (Å²) in [7, 11) is 0. The number of pyridine rings is 1. The van der Waals surface area contributed by atoms with E-state index in [1.54, 1.807) is 6.20 Å². The zero-order chi connectivity index (χ0) is 19.8. The van der Waals surface area contributed by atoms with Crippen LogP contribution >= 0.6 is 0 Å². The Labute approximate surface area is 168 Å². The lowest BCUT2D eigenvalue weighted by Gasteiger charge is -2.32.